The predicted molar refractivity (Wildman–Crippen MR) is 103 cm³/mol. The summed E-state index contributed by atoms with van der Waals surface area (Å²) in [6, 6.07) is 14.0. The highest BCUT2D eigenvalue weighted by Gasteiger charge is 2.09. The lowest BCUT2D eigenvalue weighted by molar-refractivity contribution is 0.0955. The number of rotatable bonds is 6. The third-order valence-corrected chi connectivity index (χ3v) is 3.86. The monoisotopic (exact) mass is 356 g/mol. The van der Waals surface area contributed by atoms with E-state index >= 15 is 0 Å². The molecule has 138 valence electrons. The summed E-state index contributed by atoms with van der Waals surface area (Å²) in [6.07, 6.45) is 0. The fourth-order valence-corrected chi connectivity index (χ4v) is 2.64. The fraction of sp³-hybridized carbons (Fsp3) is 0.300. The molecule has 6 heteroatoms. The van der Waals surface area contributed by atoms with Gasteiger partial charge in [-0.05, 0) is 42.3 Å². The number of carbonyl (C=O) groups is 1. The van der Waals surface area contributed by atoms with Crippen LogP contribution < -0.4 is 10.6 Å². The van der Waals surface area contributed by atoms with Crippen LogP contribution in [0.5, 0.6) is 0 Å². The molecule has 0 bridgehead atoms. The Kier molecular flexibility index (Phi) is 7.14. The first-order valence-corrected chi connectivity index (χ1v) is 8.57. The normalized spacial score (nSPS) is 11.2. The van der Waals surface area contributed by atoms with Crippen molar-refractivity contribution in [3.8, 4) is 0 Å². The van der Waals surface area contributed by atoms with Crippen molar-refractivity contribution in [1.29, 1.82) is 0 Å². The van der Waals surface area contributed by atoms with Crippen molar-refractivity contribution in [3.05, 3.63) is 71.0 Å². The molecule has 0 saturated carbocycles. The molecular formula is C20H25FN4O. The third kappa shape index (κ3) is 5.58. The minimum Gasteiger partial charge on any atom is -0.352 e. The highest BCUT2D eigenvalue weighted by atomic mass is 19.1. The number of aliphatic imine (C=N–C) groups is 1. The molecule has 2 aromatic carbocycles. The molecule has 0 unspecified atom stereocenters. The van der Waals surface area contributed by atoms with Crippen molar-refractivity contribution in [2.45, 2.75) is 20.0 Å². The first-order valence-electron chi connectivity index (χ1n) is 8.57. The molecule has 0 fully saturated rings. The van der Waals surface area contributed by atoms with Gasteiger partial charge in [-0.1, -0.05) is 24.3 Å². The zero-order chi connectivity index (χ0) is 18.9. The lowest BCUT2D eigenvalue weighted by atomic mass is 10.1. The molecule has 0 saturated heterocycles. The van der Waals surface area contributed by atoms with Crippen molar-refractivity contribution in [2.24, 2.45) is 4.99 Å². The predicted octanol–water partition coefficient (Wildman–Crippen LogP) is 2.78. The van der Waals surface area contributed by atoms with Crippen LogP contribution in [0.2, 0.25) is 0 Å². The molecule has 0 aromatic heterocycles. The molecule has 1 amide bonds. The molecule has 0 atom stereocenters. The molecule has 26 heavy (non-hydrogen) atoms. The van der Waals surface area contributed by atoms with E-state index in [9.17, 15) is 9.18 Å². The Morgan fingerprint density at radius 2 is 1.85 bits per heavy atom. The molecule has 2 N–H and O–H groups in total. The second-order valence-corrected chi connectivity index (χ2v) is 5.95. The van der Waals surface area contributed by atoms with E-state index in [0.717, 1.165) is 11.1 Å². The first kappa shape index (κ1) is 19.4. The van der Waals surface area contributed by atoms with Gasteiger partial charge < -0.3 is 15.5 Å². The number of hydrogen-bond donors (Lipinski definition) is 2. The number of hydrogen-bond acceptors (Lipinski definition) is 2. The van der Waals surface area contributed by atoms with Gasteiger partial charge in [0.1, 0.15) is 5.82 Å². The Hall–Kier alpha value is -2.89. The number of halogens is 1. The average Bonchev–Trinajstić information content (AvgIpc) is 2.62. The summed E-state index contributed by atoms with van der Waals surface area (Å²) < 4.78 is 13.3. The molecule has 0 radical (unpaired) electrons. The van der Waals surface area contributed by atoms with Crippen molar-refractivity contribution < 1.29 is 9.18 Å². The summed E-state index contributed by atoms with van der Waals surface area (Å²) in [4.78, 5) is 18.1. The van der Waals surface area contributed by atoms with E-state index in [0.29, 0.717) is 31.2 Å². The maximum absolute atomic E-state index is 13.3. The van der Waals surface area contributed by atoms with Gasteiger partial charge in [-0.25, -0.2) is 4.39 Å². The quantitative estimate of drug-likeness (QED) is 0.618. The van der Waals surface area contributed by atoms with Crippen LogP contribution in [-0.4, -0.2) is 37.4 Å². The molecular weight excluding hydrogens is 331 g/mol. The van der Waals surface area contributed by atoms with Crippen LogP contribution in [0.4, 0.5) is 4.39 Å². The molecule has 0 heterocycles. The van der Waals surface area contributed by atoms with Crippen molar-refractivity contribution in [3.63, 3.8) is 0 Å². The summed E-state index contributed by atoms with van der Waals surface area (Å²) in [6.45, 7) is 3.56. The van der Waals surface area contributed by atoms with Crippen LogP contribution in [0.15, 0.2) is 53.5 Å². The summed E-state index contributed by atoms with van der Waals surface area (Å²) in [5.74, 6) is 0.362. The van der Waals surface area contributed by atoms with Crippen LogP contribution in [0.1, 0.15) is 28.4 Å². The van der Waals surface area contributed by atoms with Crippen LogP contribution in [0.3, 0.4) is 0 Å². The SMILES string of the molecule is CCNC(=O)c1cccc(CNC(=NC)N(C)Cc2cccc(F)c2)c1. The van der Waals surface area contributed by atoms with Gasteiger partial charge >= 0.3 is 0 Å². The van der Waals surface area contributed by atoms with Gasteiger partial charge in [0, 0.05) is 39.3 Å². The van der Waals surface area contributed by atoms with E-state index in [-0.39, 0.29) is 11.7 Å². The van der Waals surface area contributed by atoms with Crippen molar-refractivity contribution in [1.82, 2.24) is 15.5 Å². The Balaban J connectivity index is 1.98. The third-order valence-electron chi connectivity index (χ3n) is 3.86. The maximum Gasteiger partial charge on any atom is 0.251 e. The average molecular weight is 356 g/mol. The maximum atomic E-state index is 13.3. The van der Waals surface area contributed by atoms with Gasteiger partial charge in [-0.2, -0.15) is 0 Å². The molecule has 5 nitrogen and oxygen atoms in total. The van der Waals surface area contributed by atoms with E-state index in [1.54, 1.807) is 19.2 Å². The van der Waals surface area contributed by atoms with E-state index < -0.39 is 0 Å². The van der Waals surface area contributed by atoms with E-state index in [4.69, 9.17) is 0 Å². The van der Waals surface area contributed by atoms with Crippen LogP contribution in [0.25, 0.3) is 0 Å². The van der Waals surface area contributed by atoms with Gasteiger partial charge in [-0.3, -0.25) is 9.79 Å². The molecule has 2 aromatic rings. The molecule has 0 spiro atoms. The fourth-order valence-electron chi connectivity index (χ4n) is 2.64. The van der Waals surface area contributed by atoms with Gasteiger partial charge in [0.2, 0.25) is 0 Å². The molecule has 0 aliphatic rings. The van der Waals surface area contributed by atoms with Crippen LogP contribution in [-0.2, 0) is 13.1 Å². The first-order chi connectivity index (χ1) is 12.5. The van der Waals surface area contributed by atoms with Crippen LogP contribution in [0, 0.1) is 5.82 Å². The van der Waals surface area contributed by atoms with Gasteiger partial charge in [-0.15, -0.1) is 0 Å². The van der Waals surface area contributed by atoms with E-state index in [2.05, 4.69) is 15.6 Å². The lowest BCUT2D eigenvalue weighted by Crippen LogP contribution is -2.38. The number of amides is 1. The minimum absolute atomic E-state index is 0.0815. The number of guanidine groups is 1. The molecule has 0 aliphatic carbocycles. The minimum atomic E-state index is -0.249. The number of nitrogens with zero attached hydrogens (tertiary/aromatic N) is 2. The summed E-state index contributed by atoms with van der Waals surface area (Å²) in [5, 5.41) is 6.06. The largest absolute Gasteiger partial charge is 0.352 e. The Morgan fingerprint density at radius 3 is 2.54 bits per heavy atom. The zero-order valence-corrected chi connectivity index (χ0v) is 15.4. The topological polar surface area (TPSA) is 56.7 Å². The smallest absolute Gasteiger partial charge is 0.251 e. The summed E-state index contributed by atoms with van der Waals surface area (Å²) >= 11 is 0. The van der Waals surface area contributed by atoms with Gasteiger partial charge in [0.05, 0.1) is 0 Å². The van der Waals surface area contributed by atoms with Crippen molar-refractivity contribution >= 4 is 11.9 Å². The number of carbonyl (C=O) groups excluding carboxylic acids is 1. The molecule has 0 aliphatic heterocycles. The van der Waals surface area contributed by atoms with Gasteiger partial charge in [0.15, 0.2) is 5.96 Å². The zero-order valence-electron chi connectivity index (χ0n) is 15.4. The van der Waals surface area contributed by atoms with Crippen molar-refractivity contribution in [2.75, 3.05) is 20.6 Å². The highest BCUT2D eigenvalue weighted by Crippen LogP contribution is 2.08. The Labute approximate surface area is 153 Å². The number of nitrogens with one attached hydrogen (secondary N) is 2. The second kappa shape index (κ2) is 9.56. The number of benzene rings is 2. The summed E-state index contributed by atoms with van der Waals surface area (Å²) in [5.41, 5.74) is 2.48. The van der Waals surface area contributed by atoms with E-state index in [1.165, 1.54) is 12.1 Å². The lowest BCUT2D eigenvalue weighted by Gasteiger charge is -2.22. The molecule has 2 rings (SSSR count). The van der Waals surface area contributed by atoms with Gasteiger partial charge in [0.25, 0.3) is 5.91 Å². The standard InChI is InChI=1S/C20H25FN4O/c1-4-23-19(26)17-9-5-7-15(11-17)13-24-20(22-2)25(3)14-16-8-6-10-18(21)12-16/h5-12H,4,13-14H2,1-3H3,(H,22,24)(H,23,26). The summed E-state index contributed by atoms with van der Waals surface area (Å²) in [7, 11) is 3.60. The highest BCUT2D eigenvalue weighted by molar-refractivity contribution is 5.94. The Bertz CT molecular complexity index is 776. The second-order valence-electron chi connectivity index (χ2n) is 5.95. The Morgan fingerprint density at radius 1 is 1.12 bits per heavy atom. The van der Waals surface area contributed by atoms with Crippen LogP contribution >= 0.6 is 0 Å². The van der Waals surface area contributed by atoms with E-state index in [1.807, 2.05) is 43.1 Å².